The molecular formula is C18H17ClN2O2. The maximum atomic E-state index is 12.8. The SMILES string of the molecule is Cc1ccc([C@]2(C)NC(=O)N(Cc3cccc(Cl)c3)C2=O)cc1. The molecule has 1 N–H and O–H groups in total. The largest absolute Gasteiger partial charge is 0.325 e. The average molecular weight is 329 g/mol. The van der Waals surface area contributed by atoms with Crippen molar-refractivity contribution in [3.63, 3.8) is 0 Å². The third-order valence-electron chi connectivity index (χ3n) is 4.13. The summed E-state index contributed by atoms with van der Waals surface area (Å²) >= 11 is 5.97. The second-order valence-electron chi connectivity index (χ2n) is 5.94. The van der Waals surface area contributed by atoms with Gasteiger partial charge in [-0.1, -0.05) is 53.6 Å². The highest BCUT2D eigenvalue weighted by Gasteiger charge is 2.48. The number of hydrogen-bond donors (Lipinski definition) is 1. The lowest BCUT2D eigenvalue weighted by molar-refractivity contribution is -0.131. The second-order valence-corrected chi connectivity index (χ2v) is 6.38. The number of nitrogens with one attached hydrogen (secondary N) is 1. The Labute approximate surface area is 140 Å². The number of urea groups is 1. The van der Waals surface area contributed by atoms with Crippen LogP contribution in [0.2, 0.25) is 5.02 Å². The maximum absolute atomic E-state index is 12.8. The topological polar surface area (TPSA) is 49.4 Å². The zero-order chi connectivity index (χ0) is 16.6. The molecule has 3 rings (SSSR count). The molecule has 1 atom stereocenters. The Morgan fingerprint density at radius 1 is 1.13 bits per heavy atom. The number of aryl methyl sites for hydroxylation is 1. The van der Waals surface area contributed by atoms with E-state index in [0.29, 0.717) is 5.02 Å². The molecule has 1 heterocycles. The first-order valence-electron chi connectivity index (χ1n) is 7.36. The highest BCUT2D eigenvalue weighted by atomic mass is 35.5. The van der Waals surface area contributed by atoms with Gasteiger partial charge in [-0.3, -0.25) is 9.69 Å². The van der Waals surface area contributed by atoms with Gasteiger partial charge in [0.15, 0.2) is 0 Å². The highest BCUT2D eigenvalue weighted by molar-refractivity contribution is 6.30. The predicted octanol–water partition coefficient (Wildman–Crippen LogP) is 3.62. The standard InChI is InChI=1S/C18H17ClN2O2/c1-12-6-8-14(9-7-12)18(2)16(22)21(17(23)20-18)11-13-4-3-5-15(19)10-13/h3-10H,11H2,1-2H3,(H,20,23)/t18-/m0/s1. The van der Waals surface area contributed by atoms with Crippen LogP contribution >= 0.6 is 11.6 Å². The van der Waals surface area contributed by atoms with E-state index in [9.17, 15) is 9.59 Å². The fourth-order valence-corrected chi connectivity index (χ4v) is 2.95. The van der Waals surface area contributed by atoms with Crippen molar-refractivity contribution in [3.05, 3.63) is 70.2 Å². The lowest BCUT2D eigenvalue weighted by Crippen LogP contribution is -2.40. The molecule has 23 heavy (non-hydrogen) atoms. The monoisotopic (exact) mass is 328 g/mol. The number of nitrogens with zero attached hydrogens (tertiary/aromatic N) is 1. The number of imide groups is 1. The molecule has 1 saturated heterocycles. The summed E-state index contributed by atoms with van der Waals surface area (Å²) in [4.78, 5) is 26.3. The molecule has 0 radical (unpaired) electrons. The van der Waals surface area contributed by atoms with Crippen LogP contribution in [0, 0.1) is 6.92 Å². The maximum Gasteiger partial charge on any atom is 0.325 e. The molecule has 0 aliphatic carbocycles. The van der Waals surface area contributed by atoms with E-state index in [0.717, 1.165) is 16.7 Å². The van der Waals surface area contributed by atoms with Crippen molar-refractivity contribution in [3.8, 4) is 0 Å². The molecule has 2 aromatic carbocycles. The van der Waals surface area contributed by atoms with Gasteiger partial charge in [-0.15, -0.1) is 0 Å². The van der Waals surface area contributed by atoms with Crippen molar-refractivity contribution in [1.82, 2.24) is 10.2 Å². The molecule has 118 valence electrons. The minimum absolute atomic E-state index is 0.201. The third-order valence-corrected chi connectivity index (χ3v) is 4.37. The Bertz CT molecular complexity index is 773. The number of carbonyl (C=O) groups is 2. The molecule has 3 amide bonds. The van der Waals surface area contributed by atoms with Crippen molar-refractivity contribution in [1.29, 1.82) is 0 Å². The fourth-order valence-electron chi connectivity index (χ4n) is 2.74. The van der Waals surface area contributed by atoms with Crippen LogP contribution < -0.4 is 5.32 Å². The van der Waals surface area contributed by atoms with E-state index in [-0.39, 0.29) is 12.5 Å². The van der Waals surface area contributed by atoms with E-state index >= 15 is 0 Å². The van der Waals surface area contributed by atoms with Crippen LogP contribution in [0.1, 0.15) is 23.6 Å². The van der Waals surface area contributed by atoms with Crippen LogP contribution in [0.4, 0.5) is 4.79 Å². The van der Waals surface area contributed by atoms with Gasteiger partial charge < -0.3 is 5.32 Å². The van der Waals surface area contributed by atoms with Crippen LogP contribution in [-0.4, -0.2) is 16.8 Å². The summed E-state index contributed by atoms with van der Waals surface area (Å²) in [6, 6.07) is 14.4. The molecule has 0 saturated carbocycles. The molecule has 0 bridgehead atoms. The summed E-state index contributed by atoms with van der Waals surface area (Å²) in [5.41, 5.74) is 1.65. The normalized spacial score (nSPS) is 20.7. The average Bonchev–Trinajstić information content (AvgIpc) is 2.72. The Balaban J connectivity index is 1.89. The molecular weight excluding hydrogens is 312 g/mol. The number of halogens is 1. The van der Waals surface area contributed by atoms with Crippen LogP contribution in [-0.2, 0) is 16.9 Å². The lowest BCUT2D eigenvalue weighted by Gasteiger charge is -2.22. The molecule has 0 spiro atoms. The smallest absolute Gasteiger partial charge is 0.319 e. The highest BCUT2D eigenvalue weighted by Crippen LogP contribution is 2.30. The van der Waals surface area contributed by atoms with Crippen LogP contribution in [0.25, 0.3) is 0 Å². The van der Waals surface area contributed by atoms with Crippen molar-refractivity contribution < 1.29 is 9.59 Å². The summed E-state index contributed by atoms with van der Waals surface area (Å²) in [6.45, 7) is 3.91. The van der Waals surface area contributed by atoms with Gasteiger partial charge in [0.25, 0.3) is 5.91 Å². The summed E-state index contributed by atoms with van der Waals surface area (Å²) in [6.07, 6.45) is 0. The Kier molecular flexibility index (Phi) is 3.86. The molecule has 1 aliphatic rings. The van der Waals surface area contributed by atoms with E-state index in [1.807, 2.05) is 37.3 Å². The first-order chi connectivity index (χ1) is 10.9. The Hall–Kier alpha value is -2.33. The third kappa shape index (κ3) is 2.82. The van der Waals surface area contributed by atoms with Gasteiger partial charge in [-0.25, -0.2) is 4.79 Å². The van der Waals surface area contributed by atoms with E-state index < -0.39 is 11.6 Å². The summed E-state index contributed by atoms with van der Waals surface area (Å²) in [5, 5.41) is 3.38. The molecule has 1 fully saturated rings. The Morgan fingerprint density at radius 2 is 1.83 bits per heavy atom. The van der Waals surface area contributed by atoms with Gasteiger partial charge in [0.05, 0.1) is 6.54 Å². The summed E-state index contributed by atoms with van der Waals surface area (Å²) in [7, 11) is 0. The van der Waals surface area contributed by atoms with Gasteiger partial charge in [-0.2, -0.15) is 0 Å². The zero-order valence-electron chi connectivity index (χ0n) is 13.0. The molecule has 0 unspecified atom stereocenters. The molecule has 5 heteroatoms. The first kappa shape index (κ1) is 15.6. The first-order valence-corrected chi connectivity index (χ1v) is 7.73. The zero-order valence-corrected chi connectivity index (χ0v) is 13.7. The molecule has 2 aromatic rings. The van der Waals surface area contributed by atoms with E-state index in [4.69, 9.17) is 11.6 Å². The minimum Gasteiger partial charge on any atom is -0.319 e. The van der Waals surface area contributed by atoms with Gasteiger partial charge in [0, 0.05) is 5.02 Å². The number of benzene rings is 2. The van der Waals surface area contributed by atoms with Crippen molar-refractivity contribution in [2.45, 2.75) is 25.9 Å². The van der Waals surface area contributed by atoms with Gasteiger partial charge >= 0.3 is 6.03 Å². The van der Waals surface area contributed by atoms with Crippen LogP contribution in [0.3, 0.4) is 0 Å². The number of rotatable bonds is 3. The van der Waals surface area contributed by atoms with E-state index in [1.54, 1.807) is 25.1 Å². The van der Waals surface area contributed by atoms with E-state index in [1.165, 1.54) is 4.90 Å². The Morgan fingerprint density at radius 3 is 2.48 bits per heavy atom. The van der Waals surface area contributed by atoms with Crippen LogP contribution in [0.5, 0.6) is 0 Å². The van der Waals surface area contributed by atoms with Gasteiger partial charge in [0.2, 0.25) is 0 Å². The molecule has 1 aliphatic heterocycles. The second kappa shape index (κ2) is 5.70. The van der Waals surface area contributed by atoms with Crippen molar-refractivity contribution in [2.75, 3.05) is 0 Å². The van der Waals surface area contributed by atoms with Crippen LogP contribution in [0.15, 0.2) is 48.5 Å². The van der Waals surface area contributed by atoms with Crippen molar-refractivity contribution >= 4 is 23.5 Å². The lowest BCUT2D eigenvalue weighted by atomic mass is 9.91. The predicted molar refractivity (Wildman–Crippen MR) is 89.1 cm³/mol. The molecule has 0 aromatic heterocycles. The van der Waals surface area contributed by atoms with Gasteiger partial charge in [-0.05, 0) is 37.1 Å². The van der Waals surface area contributed by atoms with Gasteiger partial charge in [0.1, 0.15) is 5.54 Å². The minimum atomic E-state index is -1.04. The number of hydrogen-bond acceptors (Lipinski definition) is 2. The molecule has 4 nitrogen and oxygen atoms in total. The quantitative estimate of drug-likeness (QED) is 0.875. The number of amides is 3. The fraction of sp³-hybridized carbons (Fsp3) is 0.222. The summed E-state index contributed by atoms with van der Waals surface area (Å²) < 4.78 is 0. The van der Waals surface area contributed by atoms with E-state index in [2.05, 4.69) is 5.32 Å². The van der Waals surface area contributed by atoms with Crippen molar-refractivity contribution in [2.24, 2.45) is 0 Å². The summed E-state index contributed by atoms with van der Waals surface area (Å²) in [5.74, 6) is -0.258. The number of carbonyl (C=O) groups excluding carboxylic acids is 2.